The zero-order chi connectivity index (χ0) is 45.9. The normalized spacial score (nSPS) is 13.4. The zero-order valence-electron chi connectivity index (χ0n) is 39.1. The van der Waals surface area contributed by atoms with Crippen molar-refractivity contribution in [1.29, 1.82) is 0 Å². The summed E-state index contributed by atoms with van der Waals surface area (Å²) >= 11 is 8.26. The second kappa shape index (κ2) is 19.2. The number of thiol groups is 2. The Balaban J connectivity index is 1.88. The molecule has 2 amide bonds. The average Bonchev–Trinajstić information content (AvgIpc) is 3.16. The van der Waals surface area contributed by atoms with Crippen molar-refractivity contribution in [2.24, 2.45) is 0 Å². The van der Waals surface area contributed by atoms with Crippen LogP contribution >= 0.6 is 25.3 Å². The molecule has 4 aromatic rings. The summed E-state index contributed by atoms with van der Waals surface area (Å²) in [4.78, 5) is 24.3. The average molecular weight is 883 g/mol. The van der Waals surface area contributed by atoms with Crippen LogP contribution in [-0.2, 0) is 56.9 Å². The fourth-order valence-corrected chi connectivity index (χ4v) is 8.04. The predicted octanol–water partition coefficient (Wildman–Crippen LogP) is 9.81. The Morgan fingerprint density at radius 1 is 0.468 bits per heavy atom. The summed E-state index contributed by atoms with van der Waals surface area (Å²) in [7, 11) is 0. The van der Waals surface area contributed by atoms with Crippen molar-refractivity contribution >= 4 is 37.1 Å². The standard InChI is InChI=1S/C52H70N2O6S2/c1-49(2,3)39-21-31-17-35-25-41(51(7,8)9)27-37(47(35)59-15-13-53-43(55)29-61)19-33-23-40(50(4,5)6)24-34(46(33)58)20-38-28-42(52(10,11)12)26-36(18-32(22-39)45(31)57)48(38)60-16-14-54-44(56)30-62/h21-28,57-58,61-62H,13-20,29-30H2,1-12H3,(H,53,55)(H,54,56). The Morgan fingerprint density at radius 2 is 0.694 bits per heavy atom. The third-order valence-corrected chi connectivity index (χ3v) is 12.2. The van der Waals surface area contributed by atoms with Crippen LogP contribution in [0.15, 0.2) is 48.5 Å². The van der Waals surface area contributed by atoms with E-state index in [1.165, 1.54) is 0 Å². The van der Waals surface area contributed by atoms with Gasteiger partial charge in [0.15, 0.2) is 0 Å². The lowest BCUT2D eigenvalue weighted by Gasteiger charge is -2.28. The van der Waals surface area contributed by atoms with Gasteiger partial charge in [0.2, 0.25) is 11.8 Å². The fraction of sp³-hybridized carbons (Fsp3) is 0.500. The van der Waals surface area contributed by atoms with Crippen LogP contribution in [0.1, 0.15) is 150 Å². The minimum atomic E-state index is -0.241. The smallest absolute Gasteiger partial charge is 0.229 e. The number of hydrogen-bond donors (Lipinski definition) is 6. The number of amides is 2. The number of carbonyl (C=O) groups excluding carboxylic acids is 2. The highest BCUT2D eigenvalue weighted by Gasteiger charge is 2.28. The van der Waals surface area contributed by atoms with Crippen LogP contribution in [0.4, 0.5) is 0 Å². The summed E-state index contributed by atoms with van der Waals surface area (Å²) in [5.41, 5.74) is 10.2. The molecule has 62 heavy (non-hydrogen) atoms. The van der Waals surface area contributed by atoms with E-state index in [0.29, 0.717) is 50.3 Å². The second-order valence-electron chi connectivity index (χ2n) is 21.0. The molecule has 0 aromatic heterocycles. The Labute approximate surface area is 381 Å². The van der Waals surface area contributed by atoms with E-state index in [-0.39, 0.29) is 69.7 Å². The van der Waals surface area contributed by atoms with E-state index in [1.807, 2.05) is 0 Å². The predicted molar refractivity (Wildman–Crippen MR) is 260 cm³/mol. The molecule has 336 valence electrons. The molecule has 0 atom stereocenters. The largest absolute Gasteiger partial charge is 0.507 e. The Bertz CT molecular complexity index is 2030. The van der Waals surface area contributed by atoms with Crippen LogP contribution in [0.3, 0.4) is 0 Å². The van der Waals surface area contributed by atoms with E-state index in [1.54, 1.807) is 0 Å². The Kier molecular flexibility index (Phi) is 15.1. The van der Waals surface area contributed by atoms with Crippen LogP contribution in [0.25, 0.3) is 0 Å². The Morgan fingerprint density at radius 3 is 0.903 bits per heavy atom. The monoisotopic (exact) mass is 882 g/mol. The fourth-order valence-electron chi connectivity index (χ4n) is 7.82. The second-order valence-corrected chi connectivity index (χ2v) is 21.6. The van der Waals surface area contributed by atoms with E-state index in [0.717, 1.165) is 66.8 Å². The van der Waals surface area contributed by atoms with Gasteiger partial charge in [-0.3, -0.25) is 9.59 Å². The van der Waals surface area contributed by atoms with Gasteiger partial charge in [-0.25, -0.2) is 0 Å². The number of nitrogens with one attached hydrogen (secondary N) is 2. The van der Waals surface area contributed by atoms with Crippen LogP contribution in [0, 0.1) is 0 Å². The molecule has 8 bridgehead atoms. The summed E-state index contributed by atoms with van der Waals surface area (Å²) in [5.74, 6) is 1.59. The lowest BCUT2D eigenvalue weighted by Crippen LogP contribution is -2.29. The number of aromatic hydroxyl groups is 2. The van der Waals surface area contributed by atoms with Crippen LogP contribution in [0.2, 0.25) is 0 Å². The molecule has 10 heteroatoms. The summed E-state index contributed by atoms with van der Waals surface area (Å²) in [5, 5.41) is 30.7. The molecule has 0 spiro atoms. The van der Waals surface area contributed by atoms with Crippen molar-refractivity contribution < 1.29 is 29.3 Å². The number of fused-ring (bicyclic) bond motifs is 8. The molecule has 4 N–H and O–H groups in total. The van der Waals surface area contributed by atoms with Gasteiger partial charge < -0.3 is 30.3 Å². The highest BCUT2D eigenvalue weighted by molar-refractivity contribution is 7.81. The molecule has 1 aliphatic rings. The maximum Gasteiger partial charge on any atom is 0.229 e. The molecule has 0 saturated heterocycles. The van der Waals surface area contributed by atoms with Gasteiger partial charge >= 0.3 is 0 Å². The van der Waals surface area contributed by atoms with E-state index < -0.39 is 0 Å². The summed E-state index contributed by atoms with van der Waals surface area (Å²) in [6.07, 6.45) is 1.50. The first-order valence-corrected chi connectivity index (χ1v) is 23.1. The number of ether oxygens (including phenoxy) is 2. The Hall–Kier alpha value is -4.28. The molecule has 0 unspecified atom stereocenters. The lowest BCUT2D eigenvalue weighted by molar-refractivity contribution is -0.119. The highest BCUT2D eigenvalue weighted by atomic mass is 32.1. The molecule has 0 radical (unpaired) electrons. The van der Waals surface area contributed by atoms with Crippen LogP contribution in [0.5, 0.6) is 23.0 Å². The van der Waals surface area contributed by atoms with Gasteiger partial charge in [-0.05, 0) is 88.4 Å². The summed E-state index contributed by atoms with van der Waals surface area (Å²) in [6, 6.07) is 17.2. The zero-order valence-corrected chi connectivity index (χ0v) is 40.9. The SMILES string of the molecule is CC(C)(C)c1cc2c(O)c(c1)Cc1cc(C(C)(C)C)cc(c1OCCNC(=O)CS)Cc1cc(C(C)(C)C)cc(c1O)Cc1cc(C(C)(C)C)cc(c1OCCNC(=O)CS)C2. The van der Waals surface area contributed by atoms with Crippen molar-refractivity contribution in [1.82, 2.24) is 10.6 Å². The molecule has 1 aliphatic carbocycles. The van der Waals surface area contributed by atoms with Gasteiger partial charge in [0.25, 0.3) is 0 Å². The van der Waals surface area contributed by atoms with Crippen molar-refractivity contribution in [3.63, 3.8) is 0 Å². The van der Waals surface area contributed by atoms with Gasteiger partial charge in [0.05, 0.1) is 24.6 Å². The molecular weight excluding hydrogens is 813 g/mol. The highest BCUT2D eigenvalue weighted by Crippen LogP contribution is 2.43. The van der Waals surface area contributed by atoms with Crippen molar-refractivity contribution in [2.75, 3.05) is 37.8 Å². The van der Waals surface area contributed by atoms with Crippen molar-refractivity contribution in [2.45, 2.75) is 130 Å². The van der Waals surface area contributed by atoms with Crippen LogP contribution in [-0.4, -0.2) is 59.8 Å². The number of rotatable bonds is 10. The third-order valence-electron chi connectivity index (χ3n) is 11.6. The van der Waals surface area contributed by atoms with Gasteiger partial charge in [-0.2, -0.15) is 25.3 Å². The van der Waals surface area contributed by atoms with E-state index in [9.17, 15) is 19.8 Å². The van der Waals surface area contributed by atoms with Gasteiger partial charge in [0.1, 0.15) is 36.2 Å². The van der Waals surface area contributed by atoms with E-state index in [4.69, 9.17) is 9.47 Å². The number of phenols is 2. The quantitative estimate of drug-likeness (QED) is 0.0615. The van der Waals surface area contributed by atoms with Gasteiger partial charge in [-0.15, -0.1) is 0 Å². The molecule has 4 aromatic carbocycles. The first-order valence-electron chi connectivity index (χ1n) is 21.8. The first kappa shape index (κ1) is 48.7. The minimum absolute atomic E-state index is 0.0809. The number of benzene rings is 4. The van der Waals surface area contributed by atoms with E-state index >= 15 is 0 Å². The van der Waals surface area contributed by atoms with Crippen molar-refractivity contribution in [3.05, 3.63) is 115 Å². The summed E-state index contributed by atoms with van der Waals surface area (Å²) < 4.78 is 13.4. The van der Waals surface area contributed by atoms with Gasteiger partial charge in [-0.1, -0.05) is 132 Å². The maximum atomic E-state index is 12.5. The third kappa shape index (κ3) is 12.0. The molecule has 0 aliphatic heterocycles. The number of carbonyl (C=O) groups is 2. The molecule has 0 heterocycles. The van der Waals surface area contributed by atoms with Gasteiger partial charge in [0, 0.05) is 25.7 Å². The van der Waals surface area contributed by atoms with Crippen LogP contribution < -0.4 is 20.1 Å². The maximum absolute atomic E-state index is 12.5. The molecule has 8 nitrogen and oxygen atoms in total. The minimum Gasteiger partial charge on any atom is -0.507 e. The molecule has 0 saturated carbocycles. The molecule has 5 rings (SSSR count). The molecular formula is C52H70N2O6S2. The first-order chi connectivity index (χ1) is 28.8. The molecule has 0 fully saturated rings. The lowest BCUT2D eigenvalue weighted by atomic mass is 9.79. The topological polar surface area (TPSA) is 117 Å². The number of hydrogen-bond acceptors (Lipinski definition) is 8. The number of phenolic OH excluding ortho intramolecular Hbond substituents is 2. The van der Waals surface area contributed by atoms with E-state index in [2.05, 4.69) is 168 Å². The summed E-state index contributed by atoms with van der Waals surface area (Å²) in [6.45, 7) is 27.3. The van der Waals surface area contributed by atoms with Crippen molar-refractivity contribution in [3.8, 4) is 23.0 Å².